The predicted molar refractivity (Wildman–Crippen MR) is 70.4 cm³/mol. The lowest BCUT2D eigenvalue weighted by atomic mass is 10.1. The topological polar surface area (TPSA) is 46.1 Å². The first-order chi connectivity index (χ1) is 8.02. The summed E-state index contributed by atoms with van der Waals surface area (Å²) in [7, 11) is 0. The molecule has 90 valence electrons. The molecular formula is C10H8BrCl2N3O. The van der Waals surface area contributed by atoms with Crippen molar-refractivity contribution in [1.82, 2.24) is 9.97 Å². The molecular weight excluding hydrogens is 329 g/mol. The van der Waals surface area contributed by atoms with Crippen LogP contribution in [0.4, 0.5) is 5.95 Å². The number of halogens is 3. The Hall–Kier alpha value is -0.650. The van der Waals surface area contributed by atoms with Crippen LogP contribution in [0.1, 0.15) is 6.42 Å². The summed E-state index contributed by atoms with van der Waals surface area (Å²) in [5.41, 5.74) is 0. The fourth-order valence-corrected chi connectivity index (χ4v) is 2.15. The predicted octanol–water partition coefficient (Wildman–Crippen LogP) is 3.08. The van der Waals surface area contributed by atoms with Gasteiger partial charge in [-0.1, -0.05) is 29.3 Å². The summed E-state index contributed by atoms with van der Waals surface area (Å²) >= 11 is 14.9. The summed E-state index contributed by atoms with van der Waals surface area (Å²) in [4.78, 5) is 21.3. The van der Waals surface area contributed by atoms with Gasteiger partial charge in [-0.3, -0.25) is 9.69 Å². The minimum Gasteiger partial charge on any atom is -0.280 e. The maximum atomic E-state index is 11.8. The first kappa shape index (κ1) is 12.8. The monoisotopic (exact) mass is 335 g/mol. The number of nitrogens with zero attached hydrogens (tertiary/aromatic N) is 3. The van der Waals surface area contributed by atoms with E-state index in [1.165, 1.54) is 4.90 Å². The lowest BCUT2D eigenvalue weighted by Gasteiger charge is -2.14. The van der Waals surface area contributed by atoms with Crippen molar-refractivity contribution in [2.24, 2.45) is 5.92 Å². The van der Waals surface area contributed by atoms with Crippen molar-refractivity contribution >= 4 is 51.0 Å². The molecule has 0 saturated carbocycles. The maximum Gasteiger partial charge on any atom is 0.235 e. The maximum absolute atomic E-state index is 11.8. The van der Waals surface area contributed by atoms with E-state index in [0.717, 1.165) is 0 Å². The third-order valence-electron chi connectivity index (χ3n) is 2.49. The molecule has 1 fully saturated rings. The van der Waals surface area contributed by atoms with Gasteiger partial charge in [0.15, 0.2) is 0 Å². The second kappa shape index (κ2) is 4.92. The fourth-order valence-electron chi connectivity index (χ4n) is 1.59. The van der Waals surface area contributed by atoms with Gasteiger partial charge in [0.05, 0.1) is 4.47 Å². The molecule has 0 radical (unpaired) electrons. The summed E-state index contributed by atoms with van der Waals surface area (Å²) in [6.45, 7) is 4.19. The SMILES string of the molecule is C=CC1CC(=O)N(c2nc(Cl)c(Br)c(Cl)n2)C1. The Labute approximate surface area is 117 Å². The van der Waals surface area contributed by atoms with Gasteiger partial charge in [-0.15, -0.1) is 6.58 Å². The normalized spacial score (nSPS) is 19.8. The molecule has 1 amide bonds. The standard InChI is InChI=1S/C10H8BrCl2N3O/c1-2-5-3-6(17)16(4-5)10-14-8(12)7(11)9(13)15-10/h2,5H,1,3-4H2. The van der Waals surface area contributed by atoms with Crippen LogP contribution in [0.25, 0.3) is 0 Å². The number of hydrogen-bond donors (Lipinski definition) is 0. The van der Waals surface area contributed by atoms with Crippen LogP contribution in [0.5, 0.6) is 0 Å². The summed E-state index contributed by atoms with van der Waals surface area (Å²) in [6.07, 6.45) is 2.16. The zero-order chi connectivity index (χ0) is 12.6. The molecule has 7 heteroatoms. The molecule has 1 atom stereocenters. The Kier molecular flexibility index (Phi) is 3.70. The number of anilines is 1. The van der Waals surface area contributed by atoms with E-state index in [9.17, 15) is 4.79 Å². The number of rotatable bonds is 2. The molecule has 1 aliphatic rings. The Balaban J connectivity index is 2.35. The van der Waals surface area contributed by atoms with Crippen LogP contribution in [0.3, 0.4) is 0 Å². The first-order valence-corrected chi connectivity index (χ1v) is 6.39. The third-order valence-corrected chi connectivity index (χ3v) is 4.24. The lowest BCUT2D eigenvalue weighted by molar-refractivity contribution is -0.117. The number of carbonyl (C=O) groups is 1. The minimum absolute atomic E-state index is 0.0515. The molecule has 0 N–H and O–H groups in total. The van der Waals surface area contributed by atoms with Gasteiger partial charge in [-0.2, -0.15) is 9.97 Å². The van der Waals surface area contributed by atoms with E-state index in [2.05, 4.69) is 32.5 Å². The van der Waals surface area contributed by atoms with Crippen LogP contribution in [0.2, 0.25) is 10.3 Å². The highest BCUT2D eigenvalue weighted by atomic mass is 79.9. The minimum atomic E-state index is -0.0515. The Bertz CT molecular complexity index is 471. The van der Waals surface area contributed by atoms with Crippen molar-refractivity contribution in [2.45, 2.75) is 6.42 Å². The molecule has 2 rings (SSSR count). The van der Waals surface area contributed by atoms with Crippen LogP contribution in [0, 0.1) is 5.92 Å². The molecule has 1 aliphatic heterocycles. The second-order valence-electron chi connectivity index (χ2n) is 3.62. The summed E-state index contributed by atoms with van der Waals surface area (Å²) in [5, 5.41) is 0.379. The largest absolute Gasteiger partial charge is 0.280 e. The molecule has 17 heavy (non-hydrogen) atoms. The van der Waals surface area contributed by atoms with E-state index in [1.54, 1.807) is 6.08 Å². The van der Waals surface area contributed by atoms with E-state index < -0.39 is 0 Å². The first-order valence-electron chi connectivity index (χ1n) is 4.84. The summed E-state index contributed by atoms with van der Waals surface area (Å²) in [5.74, 6) is 0.300. The van der Waals surface area contributed by atoms with Crippen LogP contribution in [0.15, 0.2) is 17.1 Å². The smallest absolute Gasteiger partial charge is 0.235 e. The van der Waals surface area contributed by atoms with Crippen LogP contribution in [-0.4, -0.2) is 22.4 Å². The average molecular weight is 337 g/mol. The fraction of sp³-hybridized carbons (Fsp3) is 0.300. The van der Waals surface area contributed by atoms with Gasteiger partial charge in [-0.05, 0) is 15.9 Å². The van der Waals surface area contributed by atoms with Crippen molar-refractivity contribution in [2.75, 3.05) is 11.4 Å². The Morgan fingerprint density at radius 1 is 1.41 bits per heavy atom. The van der Waals surface area contributed by atoms with Crippen LogP contribution in [-0.2, 0) is 4.79 Å². The van der Waals surface area contributed by atoms with Crippen molar-refractivity contribution in [3.05, 3.63) is 27.4 Å². The Morgan fingerprint density at radius 3 is 2.47 bits per heavy atom. The van der Waals surface area contributed by atoms with E-state index in [1.807, 2.05) is 0 Å². The molecule has 1 saturated heterocycles. The molecule has 0 aliphatic carbocycles. The van der Waals surface area contributed by atoms with Crippen LogP contribution >= 0.6 is 39.1 Å². The highest BCUT2D eigenvalue weighted by molar-refractivity contribution is 9.10. The van der Waals surface area contributed by atoms with Gasteiger partial charge >= 0.3 is 0 Å². The van der Waals surface area contributed by atoms with Gasteiger partial charge in [0.1, 0.15) is 10.3 Å². The van der Waals surface area contributed by atoms with E-state index in [4.69, 9.17) is 23.2 Å². The van der Waals surface area contributed by atoms with E-state index in [0.29, 0.717) is 17.4 Å². The zero-order valence-corrected chi connectivity index (χ0v) is 11.8. The van der Waals surface area contributed by atoms with Gasteiger partial charge in [0, 0.05) is 18.9 Å². The highest BCUT2D eigenvalue weighted by Crippen LogP contribution is 2.31. The van der Waals surface area contributed by atoms with Crippen molar-refractivity contribution in [3.63, 3.8) is 0 Å². The van der Waals surface area contributed by atoms with Gasteiger partial charge in [-0.25, -0.2) is 0 Å². The molecule has 4 nitrogen and oxygen atoms in total. The number of aromatic nitrogens is 2. The molecule has 1 aromatic heterocycles. The second-order valence-corrected chi connectivity index (χ2v) is 5.13. The zero-order valence-electron chi connectivity index (χ0n) is 8.66. The van der Waals surface area contributed by atoms with Gasteiger partial charge < -0.3 is 0 Å². The molecule has 0 bridgehead atoms. The number of amides is 1. The molecule has 1 unspecified atom stereocenters. The van der Waals surface area contributed by atoms with E-state index >= 15 is 0 Å². The van der Waals surface area contributed by atoms with Gasteiger partial charge in [0.25, 0.3) is 0 Å². The van der Waals surface area contributed by atoms with Gasteiger partial charge in [0.2, 0.25) is 11.9 Å². The molecule has 0 aromatic carbocycles. The van der Waals surface area contributed by atoms with E-state index in [-0.39, 0.29) is 28.1 Å². The quantitative estimate of drug-likeness (QED) is 0.616. The Morgan fingerprint density at radius 2 is 2.00 bits per heavy atom. The molecule has 0 spiro atoms. The van der Waals surface area contributed by atoms with Crippen molar-refractivity contribution in [1.29, 1.82) is 0 Å². The average Bonchev–Trinajstić information content (AvgIpc) is 2.67. The number of carbonyl (C=O) groups excluding carboxylic acids is 1. The third kappa shape index (κ3) is 2.46. The number of hydrogen-bond acceptors (Lipinski definition) is 3. The van der Waals surface area contributed by atoms with Crippen LogP contribution < -0.4 is 4.90 Å². The summed E-state index contributed by atoms with van der Waals surface area (Å²) < 4.78 is 0.427. The molecule has 1 aromatic rings. The highest BCUT2D eigenvalue weighted by Gasteiger charge is 2.31. The van der Waals surface area contributed by atoms with Crippen molar-refractivity contribution in [3.8, 4) is 0 Å². The summed E-state index contributed by atoms with van der Waals surface area (Å²) in [6, 6.07) is 0. The van der Waals surface area contributed by atoms with Crippen molar-refractivity contribution < 1.29 is 4.79 Å². The lowest BCUT2D eigenvalue weighted by Crippen LogP contribution is -2.26. The molecule has 2 heterocycles.